The summed E-state index contributed by atoms with van der Waals surface area (Å²) < 4.78 is 27.9. The van der Waals surface area contributed by atoms with Gasteiger partial charge in [0.05, 0.1) is 16.6 Å². The normalized spacial score (nSPS) is 17.0. The fourth-order valence-corrected chi connectivity index (χ4v) is 5.24. The van der Waals surface area contributed by atoms with Gasteiger partial charge in [0.2, 0.25) is 0 Å². The van der Waals surface area contributed by atoms with E-state index < -0.39 is 16.0 Å². The zero-order valence-electron chi connectivity index (χ0n) is 13.7. The Morgan fingerprint density at radius 2 is 1.88 bits per heavy atom. The molecule has 1 heterocycles. The minimum Gasteiger partial charge on any atom is -0.545 e. The third-order valence-electron chi connectivity index (χ3n) is 4.54. The van der Waals surface area contributed by atoms with Crippen molar-refractivity contribution in [3.05, 3.63) is 58.7 Å². The summed E-state index contributed by atoms with van der Waals surface area (Å²) in [5.74, 6) is -1.38. The molecule has 24 heavy (non-hydrogen) atoms. The van der Waals surface area contributed by atoms with Gasteiger partial charge in [0.25, 0.3) is 10.0 Å². The molecule has 0 saturated carbocycles. The maximum atomic E-state index is 13.3. The topological polar surface area (TPSA) is 77.5 Å². The molecule has 1 aliphatic rings. The number of anilines is 1. The van der Waals surface area contributed by atoms with Crippen LogP contribution in [0.2, 0.25) is 0 Å². The molecule has 0 N–H and O–H groups in total. The number of carboxylic acids is 1. The quantitative estimate of drug-likeness (QED) is 0.851. The van der Waals surface area contributed by atoms with Crippen molar-refractivity contribution in [1.29, 1.82) is 0 Å². The highest BCUT2D eigenvalue weighted by atomic mass is 32.2. The molecule has 6 heteroatoms. The lowest BCUT2D eigenvalue weighted by Gasteiger charge is -2.26. The Morgan fingerprint density at radius 3 is 2.54 bits per heavy atom. The third kappa shape index (κ3) is 2.47. The van der Waals surface area contributed by atoms with Gasteiger partial charge in [0.15, 0.2) is 0 Å². The van der Waals surface area contributed by atoms with Crippen LogP contribution in [0.25, 0.3) is 0 Å². The van der Waals surface area contributed by atoms with Crippen LogP contribution in [0.4, 0.5) is 5.69 Å². The molecule has 1 aliphatic heterocycles. The highest BCUT2D eigenvalue weighted by Gasteiger charge is 2.36. The summed E-state index contributed by atoms with van der Waals surface area (Å²) in [7, 11) is -3.87. The lowest BCUT2D eigenvalue weighted by atomic mass is 10.1. The van der Waals surface area contributed by atoms with Crippen molar-refractivity contribution in [2.75, 3.05) is 4.31 Å². The van der Waals surface area contributed by atoms with E-state index in [9.17, 15) is 18.3 Å². The van der Waals surface area contributed by atoms with Crippen LogP contribution < -0.4 is 9.41 Å². The minimum atomic E-state index is -3.87. The SMILES string of the molecule is Cc1cc(C(=O)[O-])cc(S(=O)(=O)N2c3ccccc3C[C@H]2C)c1C. The standard InChI is InChI=1S/C18H19NO4S/c1-11-8-15(18(20)21)10-17(13(11)3)24(22,23)19-12(2)9-14-6-4-5-7-16(14)19/h4-8,10,12H,9H2,1-3H3,(H,20,21)/p-1/t12-/m1/s1. The zero-order valence-corrected chi connectivity index (χ0v) is 14.6. The molecular formula is C18H18NO4S-. The second kappa shape index (κ2) is 5.63. The van der Waals surface area contributed by atoms with Gasteiger partial charge >= 0.3 is 0 Å². The molecule has 2 aromatic carbocycles. The first-order valence-corrected chi connectivity index (χ1v) is 9.12. The second-order valence-electron chi connectivity index (χ2n) is 6.19. The summed E-state index contributed by atoms with van der Waals surface area (Å²) in [5, 5.41) is 11.2. The van der Waals surface area contributed by atoms with Gasteiger partial charge in [-0.05, 0) is 67.6 Å². The molecule has 0 fully saturated rings. The number of hydrogen-bond donors (Lipinski definition) is 0. The van der Waals surface area contributed by atoms with Crippen LogP contribution in [0.5, 0.6) is 0 Å². The molecular weight excluding hydrogens is 326 g/mol. The number of carboxylic acid groups (broad SMARTS) is 1. The zero-order chi connectivity index (χ0) is 17.6. The molecule has 3 rings (SSSR count). The molecule has 126 valence electrons. The van der Waals surface area contributed by atoms with Gasteiger partial charge in [-0.3, -0.25) is 4.31 Å². The van der Waals surface area contributed by atoms with E-state index >= 15 is 0 Å². The summed E-state index contributed by atoms with van der Waals surface area (Å²) in [4.78, 5) is 11.2. The van der Waals surface area contributed by atoms with Crippen LogP contribution in [0.3, 0.4) is 0 Å². The fourth-order valence-electron chi connectivity index (χ4n) is 3.22. The molecule has 0 spiro atoms. The molecule has 1 atom stereocenters. The van der Waals surface area contributed by atoms with Crippen LogP contribution >= 0.6 is 0 Å². The lowest BCUT2D eigenvalue weighted by Crippen LogP contribution is -2.36. The number of para-hydroxylation sites is 1. The van der Waals surface area contributed by atoms with Crippen LogP contribution in [-0.2, 0) is 16.4 Å². The summed E-state index contributed by atoms with van der Waals surface area (Å²) in [6.07, 6.45) is 0.633. The van der Waals surface area contributed by atoms with E-state index in [2.05, 4.69) is 0 Å². The molecule has 0 saturated heterocycles. The van der Waals surface area contributed by atoms with Crippen LogP contribution in [0.15, 0.2) is 41.3 Å². The van der Waals surface area contributed by atoms with Gasteiger partial charge in [-0.15, -0.1) is 0 Å². The Morgan fingerprint density at radius 1 is 1.21 bits per heavy atom. The number of rotatable bonds is 3. The molecule has 0 amide bonds. The first-order chi connectivity index (χ1) is 11.2. The summed E-state index contributed by atoms with van der Waals surface area (Å²) >= 11 is 0. The van der Waals surface area contributed by atoms with Gasteiger partial charge in [0, 0.05) is 6.04 Å². The van der Waals surface area contributed by atoms with Crippen molar-refractivity contribution in [2.24, 2.45) is 0 Å². The van der Waals surface area contributed by atoms with E-state index in [1.54, 1.807) is 26.0 Å². The van der Waals surface area contributed by atoms with E-state index in [0.717, 1.165) is 5.56 Å². The number of carbonyl (C=O) groups is 1. The largest absolute Gasteiger partial charge is 0.545 e. The van der Waals surface area contributed by atoms with Crippen molar-refractivity contribution in [3.63, 3.8) is 0 Å². The lowest BCUT2D eigenvalue weighted by molar-refractivity contribution is -0.255. The first-order valence-electron chi connectivity index (χ1n) is 7.68. The van der Waals surface area contributed by atoms with Crippen LogP contribution in [0.1, 0.15) is 34.0 Å². The average Bonchev–Trinajstić information content (AvgIpc) is 2.85. The molecule has 2 aromatic rings. The molecule has 0 aromatic heterocycles. The highest BCUT2D eigenvalue weighted by molar-refractivity contribution is 7.93. The molecule has 5 nitrogen and oxygen atoms in total. The molecule has 0 bridgehead atoms. The second-order valence-corrected chi connectivity index (χ2v) is 7.97. The number of benzene rings is 2. The smallest absolute Gasteiger partial charge is 0.264 e. The third-order valence-corrected chi connectivity index (χ3v) is 6.59. The monoisotopic (exact) mass is 344 g/mol. The predicted octanol–water partition coefficient (Wildman–Crippen LogP) is 1.81. The summed E-state index contributed by atoms with van der Waals surface area (Å²) in [5.41, 5.74) is 2.66. The van der Waals surface area contributed by atoms with Crippen molar-refractivity contribution < 1.29 is 18.3 Å². The van der Waals surface area contributed by atoms with Crippen molar-refractivity contribution >= 4 is 21.7 Å². The number of nitrogens with zero attached hydrogens (tertiary/aromatic N) is 1. The van der Waals surface area contributed by atoms with E-state index in [4.69, 9.17) is 0 Å². The average molecular weight is 344 g/mol. The number of carbonyl (C=O) groups excluding carboxylic acids is 1. The van der Waals surface area contributed by atoms with Gasteiger partial charge in [-0.25, -0.2) is 8.42 Å². The van der Waals surface area contributed by atoms with Crippen molar-refractivity contribution in [2.45, 2.75) is 38.1 Å². The Hall–Kier alpha value is -2.34. The van der Waals surface area contributed by atoms with E-state index in [0.29, 0.717) is 23.2 Å². The van der Waals surface area contributed by atoms with Crippen molar-refractivity contribution in [1.82, 2.24) is 0 Å². The van der Waals surface area contributed by atoms with E-state index in [1.807, 2.05) is 19.1 Å². The summed E-state index contributed by atoms with van der Waals surface area (Å²) in [6, 6.07) is 9.78. The molecule has 0 aliphatic carbocycles. The highest BCUT2D eigenvalue weighted by Crippen LogP contribution is 2.37. The minimum absolute atomic E-state index is 0.0188. The van der Waals surface area contributed by atoms with Gasteiger partial charge in [-0.2, -0.15) is 0 Å². The maximum Gasteiger partial charge on any atom is 0.264 e. The number of hydrogen-bond acceptors (Lipinski definition) is 4. The Balaban J connectivity index is 2.21. The van der Waals surface area contributed by atoms with E-state index in [1.165, 1.54) is 16.4 Å². The van der Waals surface area contributed by atoms with Gasteiger partial charge in [0.1, 0.15) is 0 Å². The fraction of sp³-hybridized carbons (Fsp3) is 0.278. The number of aromatic carboxylic acids is 1. The number of fused-ring (bicyclic) bond motifs is 1. The molecule has 0 unspecified atom stereocenters. The Bertz CT molecular complexity index is 934. The molecule has 0 radical (unpaired) electrons. The number of aryl methyl sites for hydroxylation is 1. The predicted molar refractivity (Wildman–Crippen MR) is 89.5 cm³/mol. The van der Waals surface area contributed by atoms with Crippen LogP contribution in [-0.4, -0.2) is 20.4 Å². The van der Waals surface area contributed by atoms with Crippen molar-refractivity contribution in [3.8, 4) is 0 Å². The van der Waals surface area contributed by atoms with Gasteiger partial charge < -0.3 is 9.90 Å². The number of sulfonamides is 1. The van der Waals surface area contributed by atoms with Gasteiger partial charge in [-0.1, -0.05) is 18.2 Å². The summed E-state index contributed by atoms with van der Waals surface area (Å²) in [6.45, 7) is 5.23. The van der Waals surface area contributed by atoms with Crippen LogP contribution in [0, 0.1) is 13.8 Å². The first kappa shape index (κ1) is 16.5. The van der Waals surface area contributed by atoms with E-state index in [-0.39, 0.29) is 16.5 Å². The Labute approximate surface area is 141 Å². The maximum absolute atomic E-state index is 13.3. The Kier molecular flexibility index (Phi) is 3.87.